The number of carbonyl (C=O) groups excluding carboxylic acids is 3. The van der Waals surface area contributed by atoms with Crippen LogP contribution in [-0.2, 0) is 20.7 Å². The van der Waals surface area contributed by atoms with Gasteiger partial charge in [-0.25, -0.2) is 9.59 Å². The molecule has 1 aromatic rings. The smallest absolute Gasteiger partial charge is 0.407 e. The lowest BCUT2D eigenvalue weighted by Crippen LogP contribution is -2.39. The van der Waals surface area contributed by atoms with Crippen LogP contribution in [0.5, 0.6) is 0 Å². The summed E-state index contributed by atoms with van der Waals surface area (Å²) in [5.41, 5.74) is -0.160. The molecule has 0 aliphatic heterocycles. The van der Waals surface area contributed by atoms with Crippen LogP contribution in [0.1, 0.15) is 59.9 Å². The minimum Gasteiger partial charge on any atom is -0.444 e. The maximum absolute atomic E-state index is 12.8. The average molecular weight is 450 g/mol. The summed E-state index contributed by atoms with van der Waals surface area (Å²) in [6.45, 7) is 12.6. The van der Waals surface area contributed by atoms with Gasteiger partial charge in [-0.2, -0.15) is 0 Å². The van der Waals surface area contributed by atoms with E-state index in [0.717, 1.165) is 5.56 Å². The topological polar surface area (TPSA) is 97.0 Å². The van der Waals surface area contributed by atoms with Gasteiger partial charge in [-0.3, -0.25) is 4.79 Å². The summed E-state index contributed by atoms with van der Waals surface area (Å²) in [5, 5.41) is 5.43. The van der Waals surface area contributed by atoms with E-state index >= 15 is 0 Å². The monoisotopic (exact) mass is 449 g/mol. The Balaban J connectivity index is 2.52. The third-order valence-electron chi connectivity index (χ3n) is 4.10. The Morgan fingerprint density at radius 2 is 1.22 bits per heavy atom. The van der Waals surface area contributed by atoms with E-state index in [9.17, 15) is 14.4 Å². The average Bonchev–Trinajstić information content (AvgIpc) is 2.64. The van der Waals surface area contributed by atoms with Crippen molar-refractivity contribution < 1.29 is 23.9 Å². The number of nitrogens with zero attached hydrogens (tertiary/aromatic N) is 1. The zero-order valence-electron chi connectivity index (χ0n) is 20.3. The highest BCUT2D eigenvalue weighted by atomic mass is 16.6. The van der Waals surface area contributed by atoms with Crippen molar-refractivity contribution in [3.05, 3.63) is 35.9 Å². The van der Waals surface area contributed by atoms with Crippen molar-refractivity contribution in [3.8, 4) is 0 Å². The Labute approximate surface area is 192 Å². The lowest BCUT2D eigenvalue weighted by atomic mass is 10.1. The van der Waals surface area contributed by atoms with Crippen molar-refractivity contribution in [1.29, 1.82) is 0 Å². The van der Waals surface area contributed by atoms with Crippen LogP contribution in [0.4, 0.5) is 9.59 Å². The minimum absolute atomic E-state index is 0.00531. The second-order valence-corrected chi connectivity index (χ2v) is 9.61. The van der Waals surface area contributed by atoms with Crippen LogP contribution >= 0.6 is 0 Å². The van der Waals surface area contributed by atoms with Crippen molar-refractivity contribution in [2.75, 3.05) is 26.2 Å². The van der Waals surface area contributed by atoms with E-state index in [1.54, 1.807) is 4.90 Å². The molecule has 8 heteroatoms. The Morgan fingerprint density at radius 1 is 0.781 bits per heavy atom. The SMILES string of the molecule is CC(C)(C)OC(=O)NCCCN(CCCNC(=O)OC(C)(C)C)C(=O)Cc1ccccc1. The number of alkyl carbamates (subject to hydrolysis) is 2. The van der Waals surface area contributed by atoms with Crippen molar-refractivity contribution in [3.63, 3.8) is 0 Å². The first kappa shape index (κ1) is 27.3. The molecular weight excluding hydrogens is 410 g/mol. The fraction of sp³-hybridized carbons (Fsp3) is 0.625. The van der Waals surface area contributed by atoms with Crippen LogP contribution in [-0.4, -0.2) is 60.4 Å². The molecule has 0 aliphatic carbocycles. The molecule has 0 fully saturated rings. The molecule has 32 heavy (non-hydrogen) atoms. The van der Waals surface area contributed by atoms with E-state index in [1.807, 2.05) is 71.9 Å². The van der Waals surface area contributed by atoms with Gasteiger partial charge in [-0.05, 0) is 59.9 Å². The Kier molecular flexibility index (Phi) is 11.0. The molecule has 0 bridgehead atoms. The van der Waals surface area contributed by atoms with E-state index in [4.69, 9.17) is 9.47 Å². The molecule has 0 aliphatic rings. The Hall–Kier alpha value is -2.77. The van der Waals surface area contributed by atoms with Crippen LogP contribution in [0.15, 0.2) is 30.3 Å². The molecule has 0 radical (unpaired) electrons. The zero-order chi connectivity index (χ0) is 24.2. The minimum atomic E-state index is -0.553. The molecule has 0 aromatic heterocycles. The van der Waals surface area contributed by atoms with Crippen LogP contribution < -0.4 is 10.6 Å². The van der Waals surface area contributed by atoms with Crippen LogP contribution in [0.3, 0.4) is 0 Å². The summed E-state index contributed by atoms with van der Waals surface area (Å²) in [6.07, 6.45) is 0.556. The highest BCUT2D eigenvalue weighted by molar-refractivity contribution is 5.78. The van der Waals surface area contributed by atoms with Crippen LogP contribution in [0.2, 0.25) is 0 Å². The highest BCUT2D eigenvalue weighted by Gasteiger charge is 2.18. The maximum Gasteiger partial charge on any atom is 0.407 e. The zero-order valence-corrected chi connectivity index (χ0v) is 20.3. The van der Waals surface area contributed by atoms with Gasteiger partial charge >= 0.3 is 12.2 Å². The molecular formula is C24H39N3O5. The lowest BCUT2D eigenvalue weighted by Gasteiger charge is -2.24. The first-order valence-electron chi connectivity index (χ1n) is 11.1. The summed E-state index contributed by atoms with van der Waals surface area (Å²) in [6, 6.07) is 9.57. The number of ether oxygens (including phenoxy) is 2. The van der Waals surface area contributed by atoms with Gasteiger partial charge in [0.2, 0.25) is 5.91 Å². The molecule has 0 saturated carbocycles. The first-order chi connectivity index (χ1) is 14.9. The molecule has 0 spiro atoms. The quantitative estimate of drug-likeness (QED) is 0.528. The van der Waals surface area contributed by atoms with Crippen molar-refractivity contribution in [2.45, 2.75) is 72.0 Å². The lowest BCUT2D eigenvalue weighted by molar-refractivity contribution is -0.130. The van der Waals surface area contributed by atoms with Crippen molar-refractivity contribution in [1.82, 2.24) is 15.5 Å². The molecule has 180 valence electrons. The van der Waals surface area contributed by atoms with E-state index in [2.05, 4.69) is 10.6 Å². The molecule has 2 N–H and O–H groups in total. The largest absolute Gasteiger partial charge is 0.444 e. The molecule has 8 nitrogen and oxygen atoms in total. The number of benzene rings is 1. The number of hydrogen-bond acceptors (Lipinski definition) is 5. The second-order valence-electron chi connectivity index (χ2n) is 9.61. The molecule has 0 heterocycles. The van der Waals surface area contributed by atoms with Crippen molar-refractivity contribution in [2.24, 2.45) is 0 Å². The normalized spacial score (nSPS) is 11.4. The number of carbonyl (C=O) groups is 3. The van der Waals surface area contributed by atoms with E-state index in [1.165, 1.54) is 0 Å². The fourth-order valence-corrected chi connectivity index (χ4v) is 2.79. The van der Waals surface area contributed by atoms with E-state index < -0.39 is 23.4 Å². The summed E-state index contributed by atoms with van der Waals surface area (Å²) in [7, 11) is 0. The number of rotatable bonds is 10. The summed E-state index contributed by atoms with van der Waals surface area (Å²) in [4.78, 5) is 38.2. The molecule has 1 aromatic carbocycles. The van der Waals surface area contributed by atoms with Gasteiger partial charge in [0.05, 0.1) is 6.42 Å². The summed E-state index contributed by atoms with van der Waals surface area (Å²) >= 11 is 0. The molecule has 1 rings (SSSR count). The van der Waals surface area contributed by atoms with E-state index in [0.29, 0.717) is 45.4 Å². The van der Waals surface area contributed by atoms with Crippen LogP contribution in [0, 0.1) is 0 Å². The third-order valence-corrected chi connectivity index (χ3v) is 4.10. The molecule has 0 atom stereocenters. The van der Waals surface area contributed by atoms with Gasteiger partial charge in [0.25, 0.3) is 0 Å². The van der Waals surface area contributed by atoms with Gasteiger partial charge in [0.15, 0.2) is 0 Å². The third kappa shape index (κ3) is 13.5. The van der Waals surface area contributed by atoms with Gasteiger partial charge < -0.3 is 25.0 Å². The molecule has 3 amide bonds. The standard InChI is InChI=1S/C24H39N3O5/c1-23(2,3)31-21(29)25-14-10-16-27(20(28)18-19-12-8-7-9-13-19)17-11-15-26-22(30)32-24(4,5)6/h7-9,12-13H,10-11,14-18H2,1-6H3,(H,25,29)(H,26,30). The van der Waals surface area contributed by atoms with Gasteiger partial charge in [0.1, 0.15) is 11.2 Å². The number of nitrogens with one attached hydrogen (secondary N) is 2. The highest BCUT2D eigenvalue weighted by Crippen LogP contribution is 2.08. The fourth-order valence-electron chi connectivity index (χ4n) is 2.79. The Morgan fingerprint density at radius 3 is 1.62 bits per heavy atom. The van der Waals surface area contributed by atoms with E-state index in [-0.39, 0.29) is 5.91 Å². The predicted octanol–water partition coefficient (Wildman–Crippen LogP) is 3.89. The van der Waals surface area contributed by atoms with Crippen molar-refractivity contribution >= 4 is 18.1 Å². The summed E-state index contributed by atoms with van der Waals surface area (Å²) < 4.78 is 10.4. The Bertz CT molecular complexity index is 687. The summed E-state index contributed by atoms with van der Waals surface area (Å²) in [5.74, 6) is 0.00531. The van der Waals surface area contributed by atoms with Gasteiger partial charge in [0, 0.05) is 26.2 Å². The van der Waals surface area contributed by atoms with Gasteiger partial charge in [-0.15, -0.1) is 0 Å². The van der Waals surface area contributed by atoms with Gasteiger partial charge in [-0.1, -0.05) is 30.3 Å². The number of hydrogen-bond donors (Lipinski definition) is 2. The van der Waals surface area contributed by atoms with Crippen LogP contribution in [0.25, 0.3) is 0 Å². The predicted molar refractivity (Wildman–Crippen MR) is 124 cm³/mol. The first-order valence-corrected chi connectivity index (χ1v) is 11.1. The molecule has 0 unspecified atom stereocenters. The second kappa shape index (κ2) is 12.9. The maximum atomic E-state index is 12.8. The molecule has 0 saturated heterocycles. The number of amides is 3.